The van der Waals surface area contributed by atoms with E-state index in [2.05, 4.69) is 250 Å². The number of aryl methyl sites for hydroxylation is 15. The van der Waals surface area contributed by atoms with E-state index < -0.39 is 27.5 Å². The van der Waals surface area contributed by atoms with Gasteiger partial charge in [-0.2, -0.15) is 0 Å². The summed E-state index contributed by atoms with van der Waals surface area (Å²) in [6.07, 6.45) is 0. The van der Waals surface area contributed by atoms with Crippen LogP contribution in [0.2, 0.25) is 0 Å². The number of aromatic nitrogens is 7. The van der Waals surface area contributed by atoms with E-state index in [-0.39, 0.29) is 43.6 Å². The molecule has 0 atom stereocenters. The Morgan fingerprint density at radius 3 is 0.600 bits per heavy atom. The van der Waals surface area contributed by atoms with Crippen molar-refractivity contribution in [3.63, 3.8) is 0 Å². The zero-order valence-electron chi connectivity index (χ0n) is 99.5. The first-order chi connectivity index (χ1) is 68.7. The Balaban J connectivity index is 0.000000130. The smallest absolute Gasteiger partial charge is 0.0633 e. The average Bonchev–Trinajstić information content (AvgIpc) is 1.52. The molecule has 7 heterocycles. The first kappa shape index (κ1) is 71.5. The summed E-state index contributed by atoms with van der Waals surface area (Å²) in [7, 11) is 14.1. The molecule has 21 aromatic rings. The molecule has 0 saturated heterocycles. The first-order valence-corrected chi connectivity index (χ1v) is 45.1. The summed E-state index contributed by atoms with van der Waals surface area (Å²) < 4.78 is 156. The summed E-state index contributed by atoms with van der Waals surface area (Å²) in [6.45, 7) is 37.2. The van der Waals surface area contributed by atoms with Crippen LogP contribution in [0.5, 0.6) is 0 Å². The molecule has 7 heteroatoms. The second-order valence-electron chi connectivity index (χ2n) is 42.0. The molecule has 0 aliphatic heterocycles. The molecule has 0 aliphatic rings. The Labute approximate surface area is 799 Å². The molecule has 0 aliphatic carbocycles. The molecule has 668 valence electrons. The maximum Gasteiger partial charge on any atom is 0.0633 e. The van der Waals surface area contributed by atoms with Crippen LogP contribution in [0.4, 0.5) is 0 Å². The molecule has 0 saturated carbocycles. The minimum absolute atomic E-state index is 0.0599. The van der Waals surface area contributed by atoms with Crippen molar-refractivity contribution in [3.05, 3.63) is 333 Å². The van der Waals surface area contributed by atoms with E-state index in [4.69, 9.17) is 24.7 Å². The lowest BCUT2D eigenvalue weighted by atomic mass is 9.85. The van der Waals surface area contributed by atoms with Crippen molar-refractivity contribution in [3.8, 4) is 0 Å². The Morgan fingerprint density at radius 2 is 0.362 bits per heavy atom. The molecule has 0 amide bonds. The van der Waals surface area contributed by atoms with Gasteiger partial charge in [0.1, 0.15) is 0 Å². The fourth-order valence-electron chi connectivity index (χ4n) is 18.1. The van der Waals surface area contributed by atoms with Crippen molar-refractivity contribution in [2.75, 3.05) is 0 Å². The molecule has 0 bridgehead atoms. The van der Waals surface area contributed by atoms with Crippen LogP contribution >= 0.6 is 0 Å². The third-order valence-electron chi connectivity index (χ3n) is 25.9. The zero-order valence-corrected chi connectivity index (χ0v) is 81.5. The molecule has 0 spiro atoms. The van der Waals surface area contributed by atoms with E-state index in [0.29, 0.717) is 72.3 Å². The predicted octanol–water partition coefficient (Wildman–Crippen LogP) is 33.6. The van der Waals surface area contributed by atoms with Crippen molar-refractivity contribution >= 4 is 153 Å². The highest BCUT2D eigenvalue weighted by Crippen LogP contribution is 2.42. The van der Waals surface area contributed by atoms with Gasteiger partial charge >= 0.3 is 0 Å². The number of benzene rings is 14. The SMILES string of the molecule is Cc1ccc2c(c1)c1cc(C)ccc1n2C.Cn1c2ccc(C(C)(C)C)cc2c2cc(C(C)(C)C)ccc21.[2H]C([2H])([2H])c1ccc2c(c1)c1cc(C([2H])([2H])[2H])ccc1n2C.[2H]C([2H])c1ccc2c(c1)c1cc(C([2H])[2H])ccc1n2C.[2H]Cc1ccc2c(c1)c1cc(C[2H])ccc1n2C.[2H]c1cc2c(c([2H])c1C(C)(C)C)c1c([2H])c(C(C)(C)C)c([2H])cc1n2C.[2H]c1cc2c(cc1C(C)(C)C)c1cc(C(C)(C)C)c([2H])cc1n2C. The Kier molecular flexibility index (Phi) is 19.0. The lowest BCUT2D eigenvalue weighted by Gasteiger charge is -2.19. The topological polar surface area (TPSA) is 34.5 Å². The van der Waals surface area contributed by atoms with Gasteiger partial charge in [0.25, 0.3) is 0 Å². The summed E-state index contributed by atoms with van der Waals surface area (Å²) in [5.41, 5.74) is 27.6. The second kappa shape index (κ2) is 34.5. The fraction of sp³-hybridized carbons (Fsp3) is 0.317. The van der Waals surface area contributed by atoms with Gasteiger partial charge < -0.3 is 32.0 Å². The molecule has 14 aromatic carbocycles. The standard InChI is InChI=1S/3C21H27N.4C15H15N/c3*1-20(2,3)14-8-10-18-16(12-14)17-13-15(21(4,5)6)9-11-19(17)22(18)7;4*1-10-4-6-14-12(8-10)13-9-11(2)5-7-15(13)16(14)3/h3*8-13H,1-7H3;4*4-9H,1-3H3/i8D,9D,12D,13D;8D,9D;;1D3,2D3;1D2,2D2;1D,2D;. The first-order valence-electron chi connectivity index (χ1n) is 54.9. The van der Waals surface area contributed by atoms with Crippen molar-refractivity contribution in [1.82, 2.24) is 32.0 Å². The Hall–Kier alpha value is -12.3. The summed E-state index contributed by atoms with van der Waals surface area (Å²) in [4.78, 5) is 0. The molecule has 21 rings (SSSR count). The van der Waals surface area contributed by atoms with Crippen LogP contribution in [-0.4, -0.2) is 32.0 Å². The molecule has 0 unspecified atom stereocenters. The molecular formula is C123H141N7. The summed E-state index contributed by atoms with van der Waals surface area (Å²) in [6, 6.07) is 75.2. The van der Waals surface area contributed by atoms with Gasteiger partial charge in [0, 0.05) is 218 Å². The maximum atomic E-state index is 8.84. The predicted molar refractivity (Wildman–Crippen MR) is 573 cm³/mol. The molecule has 7 aromatic heterocycles. The molecule has 0 fully saturated rings. The summed E-state index contributed by atoms with van der Waals surface area (Å²) in [5, 5.41) is 15.1. The number of rotatable bonds is 0. The highest BCUT2D eigenvalue weighted by Gasteiger charge is 2.25. The van der Waals surface area contributed by atoms with Crippen molar-refractivity contribution in [2.24, 2.45) is 49.3 Å². The van der Waals surface area contributed by atoms with E-state index in [1.807, 2.05) is 140 Å². The van der Waals surface area contributed by atoms with E-state index in [0.717, 1.165) is 98.7 Å². The number of hydrogen-bond donors (Lipinski definition) is 0. The average molecular weight is 1740 g/mol. The number of nitrogens with zero attached hydrogens (tertiary/aromatic N) is 7. The highest BCUT2D eigenvalue weighted by atomic mass is 15.0. The van der Waals surface area contributed by atoms with E-state index in [1.54, 1.807) is 48.5 Å². The van der Waals surface area contributed by atoms with Gasteiger partial charge in [0.2, 0.25) is 0 Å². The third-order valence-corrected chi connectivity index (χ3v) is 25.9. The largest absolute Gasteiger partial charge is 0.344 e. The van der Waals surface area contributed by atoms with Crippen molar-refractivity contribution < 1.29 is 24.7 Å². The van der Waals surface area contributed by atoms with Gasteiger partial charge in [-0.05, 0) is 291 Å². The van der Waals surface area contributed by atoms with Crippen LogP contribution in [0.25, 0.3) is 153 Å². The molecule has 0 N–H and O–H groups in total. The highest BCUT2D eigenvalue weighted by molar-refractivity contribution is 6.14. The van der Waals surface area contributed by atoms with Gasteiger partial charge in [0.15, 0.2) is 0 Å². The minimum Gasteiger partial charge on any atom is -0.344 e. The quantitative estimate of drug-likeness (QED) is 0.145. The number of hydrogen-bond acceptors (Lipinski definition) is 0. The third kappa shape index (κ3) is 18.1. The molecule has 0 radical (unpaired) electrons. The lowest BCUT2D eigenvalue weighted by molar-refractivity contribution is 0.590. The van der Waals surface area contributed by atoms with Crippen molar-refractivity contribution in [1.29, 1.82) is 0 Å². The molecule has 7 nitrogen and oxygen atoms in total. The maximum absolute atomic E-state index is 8.84. The van der Waals surface area contributed by atoms with Gasteiger partial charge in [-0.3, -0.25) is 0 Å². The van der Waals surface area contributed by atoms with Crippen LogP contribution in [0, 0.1) is 55.1 Å². The van der Waals surface area contributed by atoms with Crippen LogP contribution in [0.15, 0.2) is 255 Å². The minimum atomic E-state index is -2.18. The monoisotopic (exact) mass is 1730 g/mol. The summed E-state index contributed by atoms with van der Waals surface area (Å²) >= 11 is 0. The van der Waals surface area contributed by atoms with Crippen LogP contribution < -0.4 is 0 Å². The summed E-state index contributed by atoms with van der Waals surface area (Å²) in [5.74, 6) is 0. The van der Waals surface area contributed by atoms with Crippen LogP contribution in [0.3, 0.4) is 0 Å². The Bertz CT molecular complexity index is 8140. The molecular weight excluding hydrogens is 1580 g/mol. The van der Waals surface area contributed by atoms with Gasteiger partial charge in [0.05, 0.1) is 8.22 Å². The normalized spacial score (nSPS) is 14.6. The second-order valence-corrected chi connectivity index (χ2v) is 42.0. The van der Waals surface area contributed by atoms with E-state index >= 15 is 0 Å². The van der Waals surface area contributed by atoms with Gasteiger partial charge in [-0.1, -0.05) is 254 Å². The molecule has 130 heavy (non-hydrogen) atoms. The van der Waals surface area contributed by atoms with E-state index in [9.17, 15) is 0 Å². The lowest BCUT2D eigenvalue weighted by Crippen LogP contribution is -2.10. The van der Waals surface area contributed by atoms with E-state index in [1.165, 1.54) is 98.4 Å². The Morgan fingerprint density at radius 1 is 0.185 bits per heavy atom. The van der Waals surface area contributed by atoms with Gasteiger partial charge in [-0.15, -0.1) is 0 Å². The van der Waals surface area contributed by atoms with Crippen LogP contribution in [0.1, 0.15) is 227 Å². The number of fused-ring (bicyclic) bond motifs is 21. The van der Waals surface area contributed by atoms with Gasteiger partial charge in [-0.25, -0.2) is 0 Å². The van der Waals surface area contributed by atoms with Crippen LogP contribution in [-0.2, 0) is 81.8 Å². The zero-order chi connectivity index (χ0) is 109. The van der Waals surface area contributed by atoms with Crippen molar-refractivity contribution in [2.45, 2.75) is 212 Å². The fourth-order valence-corrected chi connectivity index (χ4v) is 18.1.